The molecule has 0 spiro atoms. The predicted octanol–water partition coefficient (Wildman–Crippen LogP) is 3.35. The Kier molecular flexibility index (Phi) is 4.99. The van der Waals surface area contributed by atoms with E-state index in [1.807, 2.05) is 44.2 Å². The molecule has 6 nitrogen and oxygen atoms in total. The fraction of sp³-hybridized carbons (Fsp3) is 0.158. The third-order valence-corrected chi connectivity index (χ3v) is 3.93. The Balaban J connectivity index is 1.63. The number of aryl methyl sites for hydroxylation is 1. The van der Waals surface area contributed by atoms with Gasteiger partial charge in [-0.25, -0.2) is 9.97 Å². The second-order valence-electron chi connectivity index (χ2n) is 5.70. The molecule has 0 aliphatic heterocycles. The molecule has 0 fully saturated rings. The number of hydrogen-bond donors (Lipinski definition) is 2. The molecular weight excluding hydrogens is 314 g/mol. The van der Waals surface area contributed by atoms with Crippen LogP contribution in [0.15, 0.2) is 55.1 Å². The van der Waals surface area contributed by atoms with Gasteiger partial charge < -0.3 is 10.6 Å². The Morgan fingerprint density at radius 2 is 1.92 bits per heavy atom. The van der Waals surface area contributed by atoms with E-state index in [9.17, 15) is 4.79 Å². The third-order valence-electron chi connectivity index (χ3n) is 3.93. The van der Waals surface area contributed by atoms with Gasteiger partial charge in [-0.2, -0.15) is 0 Å². The molecule has 3 rings (SSSR count). The van der Waals surface area contributed by atoms with Crippen LogP contribution in [0.5, 0.6) is 0 Å². The summed E-state index contributed by atoms with van der Waals surface area (Å²) < 4.78 is 0. The van der Waals surface area contributed by atoms with E-state index in [-0.39, 0.29) is 11.6 Å². The van der Waals surface area contributed by atoms with Crippen molar-refractivity contribution in [2.24, 2.45) is 0 Å². The zero-order chi connectivity index (χ0) is 17.6. The largest absolute Gasteiger partial charge is 0.365 e. The molecule has 6 heteroatoms. The van der Waals surface area contributed by atoms with Crippen molar-refractivity contribution in [3.8, 4) is 0 Å². The van der Waals surface area contributed by atoms with Crippen LogP contribution in [0.2, 0.25) is 0 Å². The predicted molar refractivity (Wildman–Crippen MR) is 97.5 cm³/mol. The molecule has 0 atom stereocenters. The summed E-state index contributed by atoms with van der Waals surface area (Å²) in [6, 6.07) is 9.64. The molecule has 0 saturated carbocycles. The molecule has 1 aromatic carbocycles. The summed E-state index contributed by atoms with van der Waals surface area (Å²) in [4.78, 5) is 24.8. The van der Waals surface area contributed by atoms with Crippen molar-refractivity contribution in [1.29, 1.82) is 0 Å². The van der Waals surface area contributed by atoms with Crippen LogP contribution in [0.3, 0.4) is 0 Å². The zero-order valence-corrected chi connectivity index (χ0v) is 14.2. The van der Waals surface area contributed by atoms with E-state index in [0.29, 0.717) is 12.4 Å². The minimum atomic E-state index is -0.278. The van der Waals surface area contributed by atoms with Gasteiger partial charge in [0.05, 0.1) is 12.4 Å². The Hall–Kier alpha value is -3.28. The maximum Gasteiger partial charge on any atom is 0.275 e. The van der Waals surface area contributed by atoms with E-state index >= 15 is 0 Å². The van der Waals surface area contributed by atoms with Gasteiger partial charge in [0.2, 0.25) is 0 Å². The van der Waals surface area contributed by atoms with Crippen LogP contribution >= 0.6 is 0 Å². The summed E-state index contributed by atoms with van der Waals surface area (Å²) in [5.74, 6) is 0.326. The number of anilines is 2. The molecular formula is C19H19N5O. The number of hydrogen-bond acceptors (Lipinski definition) is 5. The van der Waals surface area contributed by atoms with Gasteiger partial charge in [-0.05, 0) is 42.7 Å². The molecule has 0 aliphatic carbocycles. The molecule has 2 heterocycles. The average molecular weight is 333 g/mol. The Bertz CT molecular complexity index is 863. The highest BCUT2D eigenvalue weighted by Crippen LogP contribution is 2.18. The molecule has 2 aromatic heterocycles. The van der Waals surface area contributed by atoms with Crippen LogP contribution in [0.1, 0.15) is 27.2 Å². The molecule has 2 N–H and O–H groups in total. The monoisotopic (exact) mass is 333 g/mol. The third kappa shape index (κ3) is 4.17. The number of carbonyl (C=O) groups excluding carboxylic acids is 1. The van der Waals surface area contributed by atoms with Crippen LogP contribution in [0.4, 0.5) is 11.5 Å². The fourth-order valence-corrected chi connectivity index (χ4v) is 2.30. The van der Waals surface area contributed by atoms with Gasteiger partial charge in [0.25, 0.3) is 5.91 Å². The molecule has 0 radical (unpaired) electrons. The van der Waals surface area contributed by atoms with Crippen molar-refractivity contribution < 1.29 is 4.79 Å². The smallest absolute Gasteiger partial charge is 0.275 e. The first kappa shape index (κ1) is 16.6. The highest BCUT2D eigenvalue weighted by molar-refractivity contribution is 6.03. The average Bonchev–Trinajstić information content (AvgIpc) is 2.65. The molecule has 0 bridgehead atoms. The lowest BCUT2D eigenvalue weighted by Gasteiger charge is -2.10. The number of aromatic nitrogens is 3. The Morgan fingerprint density at radius 1 is 1.04 bits per heavy atom. The normalized spacial score (nSPS) is 10.3. The van der Waals surface area contributed by atoms with Crippen molar-refractivity contribution >= 4 is 17.4 Å². The standard InChI is InChI=1S/C19H19N5O/c1-13-5-3-7-16(14(13)2)24-19(25)17-11-23-18(12-21-17)22-10-15-6-4-8-20-9-15/h3-9,11-12H,10H2,1-2H3,(H,22,23)(H,24,25). The molecule has 25 heavy (non-hydrogen) atoms. The highest BCUT2D eigenvalue weighted by Gasteiger charge is 2.10. The lowest BCUT2D eigenvalue weighted by atomic mass is 10.1. The van der Waals surface area contributed by atoms with Gasteiger partial charge in [0.15, 0.2) is 0 Å². The van der Waals surface area contributed by atoms with E-state index < -0.39 is 0 Å². The number of nitrogens with one attached hydrogen (secondary N) is 2. The second kappa shape index (κ2) is 7.53. The van der Waals surface area contributed by atoms with Crippen molar-refractivity contribution in [1.82, 2.24) is 15.0 Å². The van der Waals surface area contributed by atoms with Crippen LogP contribution in [0.25, 0.3) is 0 Å². The maximum absolute atomic E-state index is 12.3. The van der Waals surface area contributed by atoms with Gasteiger partial charge in [-0.3, -0.25) is 9.78 Å². The molecule has 3 aromatic rings. The number of amides is 1. The minimum absolute atomic E-state index is 0.271. The van der Waals surface area contributed by atoms with Crippen LogP contribution in [-0.2, 0) is 6.54 Å². The molecule has 0 unspecified atom stereocenters. The first-order valence-corrected chi connectivity index (χ1v) is 7.96. The first-order chi connectivity index (χ1) is 12.1. The molecule has 0 saturated heterocycles. The zero-order valence-electron chi connectivity index (χ0n) is 14.2. The van der Waals surface area contributed by atoms with Gasteiger partial charge in [0, 0.05) is 24.6 Å². The van der Waals surface area contributed by atoms with E-state index in [4.69, 9.17) is 0 Å². The van der Waals surface area contributed by atoms with Gasteiger partial charge in [-0.1, -0.05) is 18.2 Å². The number of pyridine rings is 1. The van der Waals surface area contributed by atoms with Crippen molar-refractivity contribution in [3.05, 3.63) is 77.5 Å². The SMILES string of the molecule is Cc1cccc(NC(=O)c2cnc(NCc3cccnc3)cn2)c1C. The van der Waals surface area contributed by atoms with Crippen LogP contribution in [-0.4, -0.2) is 20.9 Å². The number of nitrogens with zero attached hydrogens (tertiary/aromatic N) is 3. The van der Waals surface area contributed by atoms with Gasteiger partial charge in [0.1, 0.15) is 11.5 Å². The summed E-state index contributed by atoms with van der Waals surface area (Å²) >= 11 is 0. The first-order valence-electron chi connectivity index (χ1n) is 7.96. The number of rotatable bonds is 5. The quantitative estimate of drug-likeness (QED) is 0.748. The Morgan fingerprint density at radius 3 is 2.64 bits per heavy atom. The van der Waals surface area contributed by atoms with Crippen molar-refractivity contribution in [3.63, 3.8) is 0 Å². The lowest BCUT2D eigenvalue weighted by Crippen LogP contribution is -2.15. The molecule has 0 aliphatic rings. The molecule has 126 valence electrons. The summed E-state index contributed by atoms with van der Waals surface area (Å²) in [6.45, 7) is 4.58. The van der Waals surface area contributed by atoms with Gasteiger partial charge >= 0.3 is 0 Å². The van der Waals surface area contributed by atoms with Gasteiger partial charge in [-0.15, -0.1) is 0 Å². The van der Waals surface area contributed by atoms with Crippen molar-refractivity contribution in [2.75, 3.05) is 10.6 Å². The molecule has 1 amide bonds. The van der Waals surface area contributed by atoms with Crippen LogP contribution in [0, 0.1) is 13.8 Å². The van der Waals surface area contributed by atoms with Crippen LogP contribution < -0.4 is 10.6 Å². The second-order valence-corrected chi connectivity index (χ2v) is 5.70. The highest BCUT2D eigenvalue weighted by atomic mass is 16.1. The lowest BCUT2D eigenvalue weighted by molar-refractivity contribution is 0.102. The summed E-state index contributed by atoms with van der Waals surface area (Å²) in [5.41, 5.74) is 4.26. The maximum atomic E-state index is 12.3. The van der Waals surface area contributed by atoms with Crippen molar-refractivity contribution in [2.45, 2.75) is 20.4 Å². The Labute approximate surface area is 146 Å². The van der Waals surface area contributed by atoms with E-state index in [1.54, 1.807) is 18.6 Å². The summed E-state index contributed by atoms with van der Waals surface area (Å²) in [5, 5.41) is 6.02. The summed E-state index contributed by atoms with van der Waals surface area (Å²) in [7, 11) is 0. The fourth-order valence-electron chi connectivity index (χ4n) is 2.30. The van der Waals surface area contributed by atoms with E-state index in [1.165, 1.54) is 6.20 Å². The van der Waals surface area contributed by atoms with E-state index in [2.05, 4.69) is 25.6 Å². The summed E-state index contributed by atoms with van der Waals surface area (Å²) in [6.07, 6.45) is 6.53. The number of benzene rings is 1. The topological polar surface area (TPSA) is 79.8 Å². The minimum Gasteiger partial charge on any atom is -0.365 e. The number of carbonyl (C=O) groups is 1. The van der Waals surface area contributed by atoms with E-state index in [0.717, 1.165) is 22.4 Å².